The second-order valence-corrected chi connectivity index (χ2v) is 6.57. The Balaban J connectivity index is 1.81. The van der Waals surface area contributed by atoms with E-state index in [1.807, 2.05) is 4.90 Å². The lowest BCUT2D eigenvalue weighted by molar-refractivity contribution is -0.153. The highest BCUT2D eigenvalue weighted by Crippen LogP contribution is 2.13. The first-order valence-corrected chi connectivity index (χ1v) is 9.24. The number of benzene rings is 1. The molecule has 28 heavy (non-hydrogen) atoms. The highest BCUT2D eigenvalue weighted by Gasteiger charge is 2.32. The van der Waals surface area contributed by atoms with Gasteiger partial charge in [-0.2, -0.15) is 0 Å². The SMILES string of the molecule is CCOC(=O)CN1CCN(CCC(=O)Nc2ccc(C(=N)N)cc2)C(C)C1=O. The minimum Gasteiger partial charge on any atom is -0.465 e. The average Bonchev–Trinajstić information content (AvgIpc) is 2.65. The number of nitrogens with one attached hydrogen (secondary N) is 2. The lowest BCUT2D eigenvalue weighted by Crippen LogP contribution is -2.57. The van der Waals surface area contributed by atoms with Crippen LogP contribution in [-0.4, -0.2) is 72.2 Å². The zero-order valence-corrected chi connectivity index (χ0v) is 16.2. The van der Waals surface area contributed by atoms with Crippen molar-refractivity contribution < 1.29 is 19.1 Å². The normalized spacial score (nSPS) is 17.3. The number of carbonyl (C=O) groups excluding carboxylic acids is 3. The maximum absolute atomic E-state index is 12.4. The third-order valence-electron chi connectivity index (χ3n) is 4.60. The quantitative estimate of drug-likeness (QED) is 0.335. The Kier molecular flexibility index (Phi) is 7.51. The van der Waals surface area contributed by atoms with Crippen molar-refractivity contribution in [1.29, 1.82) is 5.41 Å². The fourth-order valence-corrected chi connectivity index (χ4v) is 3.00. The van der Waals surface area contributed by atoms with Crippen molar-refractivity contribution in [3.05, 3.63) is 29.8 Å². The van der Waals surface area contributed by atoms with Crippen molar-refractivity contribution in [2.24, 2.45) is 5.73 Å². The first kappa shape index (κ1) is 21.4. The van der Waals surface area contributed by atoms with Gasteiger partial charge in [-0.3, -0.25) is 24.7 Å². The van der Waals surface area contributed by atoms with Crippen LogP contribution in [0.15, 0.2) is 24.3 Å². The molecule has 9 heteroatoms. The van der Waals surface area contributed by atoms with Crippen molar-refractivity contribution in [2.45, 2.75) is 26.3 Å². The van der Waals surface area contributed by atoms with Gasteiger partial charge in [0.15, 0.2) is 0 Å². The van der Waals surface area contributed by atoms with Crippen molar-refractivity contribution >= 4 is 29.3 Å². The highest BCUT2D eigenvalue weighted by atomic mass is 16.5. The fraction of sp³-hybridized carbons (Fsp3) is 0.474. The van der Waals surface area contributed by atoms with Crippen molar-refractivity contribution in [1.82, 2.24) is 9.80 Å². The van der Waals surface area contributed by atoms with E-state index in [2.05, 4.69) is 5.32 Å². The van der Waals surface area contributed by atoms with Crippen LogP contribution in [0.25, 0.3) is 0 Å². The van der Waals surface area contributed by atoms with Gasteiger partial charge >= 0.3 is 5.97 Å². The summed E-state index contributed by atoms with van der Waals surface area (Å²) in [5.41, 5.74) is 6.62. The monoisotopic (exact) mass is 389 g/mol. The van der Waals surface area contributed by atoms with Crippen LogP contribution in [0, 0.1) is 5.41 Å². The molecule has 1 saturated heterocycles. The molecule has 1 aromatic rings. The van der Waals surface area contributed by atoms with Gasteiger partial charge in [0.25, 0.3) is 0 Å². The predicted molar refractivity (Wildman–Crippen MR) is 105 cm³/mol. The summed E-state index contributed by atoms with van der Waals surface area (Å²) < 4.78 is 4.89. The number of rotatable bonds is 8. The second kappa shape index (κ2) is 9.84. The zero-order chi connectivity index (χ0) is 20.7. The van der Waals surface area contributed by atoms with Gasteiger partial charge in [-0.1, -0.05) is 0 Å². The van der Waals surface area contributed by atoms with E-state index < -0.39 is 12.0 Å². The van der Waals surface area contributed by atoms with Crippen LogP contribution in [0.5, 0.6) is 0 Å². The molecule has 9 nitrogen and oxygen atoms in total. The van der Waals surface area contributed by atoms with Crippen LogP contribution in [0.4, 0.5) is 5.69 Å². The summed E-state index contributed by atoms with van der Waals surface area (Å²) in [6, 6.07) is 6.32. The van der Waals surface area contributed by atoms with Crippen molar-refractivity contribution in [2.75, 3.05) is 38.1 Å². The number of hydrogen-bond acceptors (Lipinski definition) is 6. The second-order valence-electron chi connectivity index (χ2n) is 6.57. The first-order chi connectivity index (χ1) is 13.3. The summed E-state index contributed by atoms with van der Waals surface area (Å²) in [6.45, 7) is 5.21. The van der Waals surface area contributed by atoms with Crippen LogP contribution in [0.1, 0.15) is 25.8 Å². The summed E-state index contributed by atoms with van der Waals surface area (Å²) in [5.74, 6) is -0.742. The van der Waals surface area contributed by atoms with Gasteiger partial charge < -0.3 is 20.7 Å². The van der Waals surface area contributed by atoms with E-state index in [1.54, 1.807) is 38.1 Å². The molecule has 4 N–H and O–H groups in total. The number of amidine groups is 1. The van der Waals surface area contributed by atoms with Gasteiger partial charge in [0, 0.05) is 37.3 Å². The van der Waals surface area contributed by atoms with E-state index in [0.29, 0.717) is 30.9 Å². The Hall–Kier alpha value is -2.94. The van der Waals surface area contributed by atoms with E-state index >= 15 is 0 Å². The lowest BCUT2D eigenvalue weighted by atomic mass is 10.1. The number of hydrogen-bond donors (Lipinski definition) is 3. The van der Waals surface area contributed by atoms with E-state index in [1.165, 1.54) is 4.90 Å². The Labute approximate surface area is 164 Å². The van der Waals surface area contributed by atoms with Crippen molar-refractivity contribution in [3.8, 4) is 0 Å². The van der Waals surface area contributed by atoms with E-state index in [-0.39, 0.29) is 37.2 Å². The number of nitrogen functional groups attached to an aromatic ring is 1. The number of ether oxygens (including phenoxy) is 1. The molecule has 0 saturated carbocycles. The largest absolute Gasteiger partial charge is 0.465 e. The molecule has 1 unspecified atom stereocenters. The summed E-state index contributed by atoms with van der Waals surface area (Å²) in [5, 5.41) is 10.2. The molecule has 0 spiro atoms. The van der Waals surface area contributed by atoms with E-state index in [4.69, 9.17) is 15.9 Å². The molecule has 2 amide bonds. The molecule has 0 bridgehead atoms. The van der Waals surface area contributed by atoms with Crippen molar-refractivity contribution in [3.63, 3.8) is 0 Å². The Morgan fingerprint density at radius 1 is 1.29 bits per heavy atom. The number of nitrogens with two attached hydrogens (primary N) is 1. The Morgan fingerprint density at radius 2 is 1.96 bits per heavy atom. The number of piperazine rings is 1. The molecule has 0 aliphatic carbocycles. The third-order valence-corrected chi connectivity index (χ3v) is 4.60. The van der Waals surface area contributed by atoms with Crippen LogP contribution in [-0.2, 0) is 19.1 Å². The van der Waals surface area contributed by atoms with Gasteiger partial charge in [0.2, 0.25) is 11.8 Å². The summed E-state index contributed by atoms with van der Waals surface area (Å²) in [4.78, 5) is 39.6. The number of nitrogens with zero attached hydrogens (tertiary/aromatic N) is 2. The number of carbonyl (C=O) groups is 3. The topological polar surface area (TPSA) is 129 Å². The standard InChI is InChI=1S/C19H27N5O4/c1-3-28-17(26)12-24-11-10-23(13(2)19(24)27)9-8-16(25)22-15-6-4-14(5-7-15)18(20)21/h4-7,13H,3,8-12H2,1-2H3,(H3,20,21)(H,22,25). The molecule has 0 radical (unpaired) electrons. The van der Waals surface area contributed by atoms with Gasteiger partial charge in [-0.25, -0.2) is 0 Å². The number of amides is 2. The molecule has 0 aromatic heterocycles. The summed E-state index contributed by atoms with van der Waals surface area (Å²) in [6.07, 6.45) is 0.240. The molecular weight excluding hydrogens is 362 g/mol. The minimum atomic E-state index is -0.410. The highest BCUT2D eigenvalue weighted by molar-refractivity contribution is 5.96. The Bertz CT molecular complexity index is 734. The predicted octanol–water partition coefficient (Wildman–Crippen LogP) is 0.395. The maximum Gasteiger partial charge on any atom is 0.325 e. The number of esters is 1. The first-order valence-electron chi connectivity index (χ1n) is 9.24. The molecule has 1 aromatic carbocycles. The molecule has 2 rings (SSSR count). The lowest BCUT2D eigenvalue weighted by Gasteiger charge is -2.38. The molecule has 1 atom stereocenters. The van der Waals surface area contributed by atoms with E-state index in [9.17, 15) is 14.4 Å². The molecule has 1 aliphatic heterocycles. The van der Waals surface area contributed by atoms with Gasteiger partial charge in [-0.05, 0) is 38.1 Å². The van der Waals surface area contributed by atoms with Gasteiger partial charge in [0.05, 0.1) is 12.6 Å². The third kappa shape index (κ3) is 5.78. The van der Waals surface area contributed by atoms with Crippen LogP contribution in [0.2, 0.25) is 0 Å². The van der Waals surface area contributed by atoms with Gasteiger partial charge in [-0.15, -0.1) is 0 Å². The maximum atomic E-state index is 12.4. The van der Waals surface area contributed by atoms with E-state index in [0.717, 1.165) is 0 Å². The molecule has 152 valence electrons. The van der Waals surface area contributed by atoms with Crippen LogP contribution < -0.4 is 11.1 Å². The average molecular weight is 389 g/mol. The zero-order valence-electron chi connectivity index (χ0n) is 16.2. The molecule has 1 heterocycles. The smallest absolute Gasteiger partial charge is 0.325 e. The minimum absolute atomic E-state index is 0.0290. The number of anilines is 1. The fourth-order valence-electron chi connectivity index (χ4n) is 3.00. The van der Waals surface area contributed by atoms with Crippen LogP contribution in [0.3, 0.4) is 0 Å². The summed E-state index contributed by atoms with van der Waals surface area (Å²) in [7, 11) is 0. The molecule has 1 aliphatic rings. The molecule has 1 fully saturated rings. The Morgan fingerprint density at radius 3 is 2.57 bits per heavy atom. The van der Waals surface area contributed by atoms with Crippen LogP contribution >= 0.6 is 0 Å². The summed E-state index contributed by atoms with van der Waals surface area (Å²) >= 11 is 0. The van der Waals surface area contributed by atoms with Gasteiger partial charge in [0.1, 0.15) is 12.4 Å². The molecular formula is C19H27N5O4.